The largest absolute Gasteiger partial charge is 0.350 e. The normalized spacial score (nSPS) is 22.5. The SMILES string of the molecule is C(CC1OCCO1)=C1CCP(c2ccccc2)C1(c1ccccc1)c1ccccc1. The molecule has 2 aliphatic rings. The minimum Gasteiger partial charge on any atom is -0.350 e. The molecule has 0 spiro atoms. The maximum atomic E-state index is 5.74. The molecule has 0 N–H and O–H groups in total. The summed E-state index contributed by atoms with van der Waals surface area (Å²) in [6, 6.07) is 33.3. The first kappa shape index (κ1) is 19.7. The molecule has 152 valence electrons. The highest BCUT2D eigenvalue weighted by atomic mass is 31.1. The van der Waals surface area contributed by atoms with Gasteiger partial charge < -0.3 is 9.47 Å². The predicted molar refractivity (Wildman–Crippen MR) is 125 cm³/mol. The number of hydrogen-bond donors (Lipinski definition) is 0. The summed E-state index contributed by atoms with van der Waals surface area (Å²) in [5.74, 6) is 0. The van der Waals surface area contributed by atoms with Crippen LogP contribution in [-0.2, 0) is 14.6 Å². The van der Waals surface area contributed by atoms with Crippen molar-refractivity contribution in [1.29, 1.82) is 0 Å². The van der Waals surface area contributed by atoms with Crippen molar-refractivity contribution in [2.24, 2.45) is 0 Å². The van der Waals surface area contributed by atoms with Crippen LogP contribution in [0.1, 0.15) is 24.0 Å². The Kier molecular flexibility index (Phi) is 5.82. The number of ether oxygens (including phenoxy) is 2. The van der Waals surface area contributed by atoms with Gasteiger partial charge in [-0.1, -0.05) is 111 Å². The van der Waals surface area contributed by atoms with Gasteiger partial charge in [-0.05, 0) is 29.0 Å². The van der Waals surface area contributed by atoms with E-state index in [0.29, 0.717) is 13.2 Å². The van der Waals surface area contributed by atoms with Crippen LogP contribution >= 0.6 is 7.92 Å². The van der Waals surface area contributed by atoms with Gasteiger partial charge in [0.1, 0.15) is 0 Å². The van der Waals surface area contributed by atoms with Crippen LogP contribution in [0.2, 0.25) is 0 Å². The fraction of sp³-hybridized carbons (Fsp3) is 0.259. The van der Waals surface area contributed by atoms with Crippen molar-refractivity contribution in [3.63, 3.8) is 0 Å². The van der Waals surface area contributed by atoms with Gasteiger partial charge in [-0.15, -0.1) is 0 Å². The predicted octanol–water partition coefficient (Wildman–Crippen LogP) is 5.83. The third-order valence-electron chi connectivity index (χ3n) is 6.17. The summed E-state index contributed by atoms with van der Waals surface area (Å²) in [6.45, 7) is 1.40. The van der Waals surface area contributed by atoms with Crippen molar-refractivity contribution in [3.8, 4) is 0 Å². The van der Waals surface area contributed by atoms with Gasteiger partial charge in [0.15, 0.2) is 6.29 Å². The Labute approximate surface area is 180 Å². The molecule has 5 rings (SSSR count). The van der Waals surface area contributed by atoms with Gasteiger partial charge >= 0.3 is 0 Å². The molecule has 2 heterocycles. The van der Waals surface area contributed by atoms with Crippen molar-refractivity contribution in [3.05, 3.63) is 114 Å². The second-order valence-corrected chi connectivity index (χ2v) is 10.3. The van der Waals surface area contributed by atoms with E-state index in [1.807, 2.05) is 0 Å². The molecule has 2 saturated heterocycles. The summed E-state index contributed by atoms with van der Waals surface area (Å²) < 4.78 is 11.5. The standard InChI is InChI=1S/C27H27O2P/c1-4-10-22(11-5-1)27(23-12-6-2-7-13-23)24(16-17-26-28-19-20-29-26)18-21-30(27)25-14-8-3-9-15-25/h1-16,26H,17-21H2. The zero-order chi connectivity index (χ0) is 20.2. The first-order valence-electron chi connectivity index (χ1n) is 10.8. The van der Waals surface area contributed by atoms with Gasteiger partial charge in [-0.25, -0.2) is 0 Å². The molecule has 2 fully saturated rings. The monoisotopic (exact) mass is 414 g/mol. The van der Waals surface area contributed by atoms with Crippen molar-refractivity contribution in [2.45, 2.75) is 24.3 Å². The van der Waals surface area contributed by atoms with Crippen LogP contribution in [0.5, 0.6) is 0 Å². The highest BCUT2D eigenvalue weighted by Crippen LogP contribution is 2.68. The van der Waals surface area contributed by atoms with Crippen molar-refractivity contribution >= 4 is 13.2 Å². The van der Waals surface area contributed by atoms with Crippen LogP contribution in [0.3, 0.4) is 0 Å². The summed E-state index contributed by atoms with van der Waals surface area (Å²) in [6.07, 6.45) is 5.43. The second kappa shape index (κ2) is 8.86. The van der Waals surface area contributed by atoms with E-state index in [9.17, 15) is 0 Å². The zero-order valence-electron chi connectivity index (χ0n) is 17.1. The third kappa shape index (κ3) is 3.54. The Morgan fingerprint density at radius 3 is 1.87 bits per heavy atom. The molecule has 1 unspecified atom stereocenters. The lowest BCUT2D eigenvalue weighted by Crippen LogP contribution is -2.28. The molecule has 0 saturated carbocycles. The average molecular weight is 414 g/mol. The first-order valence-corrected chi connectivity index (χ1v) is 12.3. The molecule has 0 radical (unpaired) electrons. The fourth-order valence-corrected chi connectivity index (χ4v) is 8.37. The number of rotatable bonds is 5. The molecule has 1 atom stereocenters. The lowest BCUT2D eigenvalue weighted by Gasteiger charge is -2.39. The minimum absolute atomic E-state index is 0.106. The maximum Gasteiger partial charge on any atom is 0.161 e. The molecular weight excluding hydrogens is 387 g/mol. The Morgan fingerprint density at radius 2 is 1.30 bits per heavy atom. The van der Waals surface area contributed by atoms with E-state index in [2.05, 4.69) is 97.1 Å². The number of benzene rings is 3. The maximum absolute atomic E-state index is 5.74. The summed E-state index contributed by atoms with van der Waals surface area (Å²) in [5.41, 5.74) is 4.29. The molecule has 2 nitrogen and oxygen atoms in total. The summed E-state index contributed by atoms with van der Waals surface area (Å²) in [5, 5.41) is 1.36. The van der Waals surface area contributed by atoms with Crippen LogP contribution in [-0.4, -0.2) is 25.7 Å². The van der Waals surface area contributed by atoms with Gasteiger partial charge in [-0.3, -0.25) is 0 Å². The Balaban J connectivity index is 1.70. The molecule has 0 amide bonds. The molecule has 3 heteroatoms. The van der Waals surface area contributed by atoms with Crippen molar-refractivity contribution in [2.75, 3.05) is 19.4 Å². The highest BCUT2D eigenvalue weighted by molar-refractivity contribution is 7.67. The van der Waals surface area contributed by atoms with E-state index >= 15 is 0 Å². The van der Waals surface area contributed by atoms with Crippen LogP contribution in [0.25, 0.3) is 0 Å². The first-order chi connectivity index (χ1) is 14.9. The number of hydrogen-bond acceptors (Lipinski definition) is 2. The Morgan fingerprint density at radius 1 is 0.767 bits per heavy atom. The molecule has 30 heavy (non-hydrogen) atoms. The molecular formula is C27H27O2P. The molecule has 0 bridgehead atoms. The van der Waals surface area contributed by atoms with Crippen LogP contribution in [0.4, 0.5) is 0 Å². The van der Waals surface area contributed by atoms with Gasteiger partial charge in [0, 0.05) is 6.42 Å². The van der Waals surface area contributed by atoms with E-state index < -0.39 is 7.92 Å². The van der Waals surface area contributed by atoms with Gasteiger partial charge in [0.05, 0.1) is 18.4 Å². The lowest BCUT2D eigenvalue weighted by atomic mass is 9.82. The quantitative estimate of drug-likeness (QED) is 0.386. The van der Waals surface area contributed by atoms with E-state index in [-0.39, 0.29) is 11.4 Å². The fourth-order valence-electron chi connectivity index (χ4n) is 4.92. The second-order valence-electron chi connectivity index (χ2n) is 7.82. The molecule has 2 aliphatic heterocycles. The molecule has 0 aromatic heterocycles. The summed E-state index contributed by atoms with van der Waals surface area (Å²) in [4.78, 5) is 0. The van der Waals surface area contributed by atoms with Crippen molar-refractivity contribution < 1.29 is 9.47 Å². The Bertz CT molecular complexity index is 940. The van der Waals surface area contributed by atoms with E-state index in [0.717, 1.165) is 12.8 Å². The van der Waals surface area contributed by atoms with Crippen LogP contribution in [0, 0.1) is 0 Å². The average Bonchev–Trinajstić information content (AvgIpc) is 3.48. The van der Waals surface area contributed by atoms with Gasteiger partial charge in [-0.2, -0.15) is 0 Å². The third-order valence-corrected chi connectivity index (χ3v) is 9.38. The highest BCUT2D eigenvalue weighted by Gasteiger charge is 2.49. The van der Waals surface area contributed by atoms with Crippen LogP contribution < -0.4 is 5.30 Å². The van der Waals surface area contributed by atoms with Gasteiger partial charge in [0.25, 0.3) is 0 Å². The topological polar surface area (TPSA) is 18.5 Å². The van der Waals surface area contributed by atoms with Crippen molar-refractivity contribution in [1.82, 2.24) is 0 Å². The molecule has 0 aliphatic carbocycles. The van der Waals surface area contributed by atoms with Gasteiger partial charge in [0.2, 0.25) is 0 Å². The van der Waals surface area contributed by atoms with E-state index in [1.165, 1.54) is 28.2 Å². The summed E-state index contributed by atoms with van der Waals surface area (Å²) in [7, 11) is -0.453. The molecule has 3 aromatic rings. The number of allylic oxidation sites excluding steroid dienone is 1. The van der Waals surface area contributed by atoms with E-state index in [4.69, 9.17) is 9.47 Å². The van der Waals surface area contributed by atoms with Crippen LogP contribution in [0.15, 0.2) is 103 Å². The zero-order valence-corrected chi connectivity index (χ0v) is 18.0. The molecule has 3 aromatic carbocycles. The van der Waals surface area contributed by atoms with E-state index in [1.54, 1.807) is 0 Å². The lowest BCUT2D eigenvalue weighted by molar-refractivity contribution is -0.0382. The Hall–Kier alpha value is -2.25. The minimum atomic E-state index is -0.453. The smallest absolute Gasteiger partial charge is 0.161 e. The summed E-state index contributed by atoms with van der Waals surface area (Å²) >= 11 is 0.